The fraction of sp³-hybridized carbons (Fsp3) is 0.455. The highest BCUT2D eigenvalue weighted by atomic mass is 35.5. The van der Waals surface area contributed by atoms with Crippen LogP contribution in [0, 0.1) is 6.92 Å². The maximum absolute atomic E-state index is 11.9. The fourth-order valence-electron chi connectivity index (χ4n) is 1.25. The molecule has 102 valence electrons. The Balaban J connectivity index is 2.63. The molecule has 0 amide bonds. The van der Waals surface area contributed by atoms with Crippen molar-refractivity contribution < 1.29 is 13.5 Å². The lowest BCUT2D eigenvalue weighted by atomic mass is 10.2. The minimum atomic E-state index is -3.56. The first-order valence-corrected chi connectivity index (χ1v) is 7.56. The van der Waals surface area contributed by atoms with Crippen molar-refractivity contribution in [3.05, 3.63) is 29.8 Å². The Kier molecular flexibility index (Phi) is 5.43. The lowest BCUT2D eigenvalue weighted by Gasteiger charge is -2.16. The number of aryl methyl sites for hydroxylation is 1. The Labute approximate surface area is 117 Å². The number of halogens is 2. The van der Waals surface area contributed by atoms with Crippen molar-refractivity contribution >= 4 is 33.2 Å². The van der Waals surface area contributed by atoms with Gasteiger partial charge in [0.2, 0.25) is 10.0 Å². The molecular weight excluding hydrogens is 297 g/mol. The number of aliphatic hydroxyl groups is 1. The molecule has 0 heterocycles. The molecule has 0 radical (unpaired) electrons. The molecule has 1 rings (SSSR count). The van der Waals surface area contributed by atoms with E-state index in [2.05, 4.69) is 4.72 Å². The summed E-state index contributed by atoms with van der Waals surface area (Å²) in [6.45, 7) is 1.51. The van der Waals surface area contributed by atoms with Crippen molar-refractivity contribution in [1.82, 2.24) is 4.72 Å². The van der Waals surface area contributed by atoms with E-state index in [0.717, 1.165) is 5.56 Å². The van der Waals surface area contributed by atoms with E-state index >= 15 is 0 Å². The second-order valence-electron chi connectivity index (χ2n) is 3.97. The number of hydrogen-bond donors (Lipinski definition) is 2. The van der Waals surface area contributed by atoms with E-state index in [9.17, 15) is 8.42 Å². The summed E-state index contributed by atoms with van der Waals surface area (Å²) in [6, 6.07) is 6.49. The van der Waals surface area contributed by atoms with E-state index in [1.54, 1.807) is 12.1 Å². The van der Waals surface area contributed by atoms with Gasteiger partial charge in [-0.2, -0.15) is 0 Å². The van der Waals surface area contributed by atoms with E-state index < -0.39 is 21.0 Å². The van der Waals surface area contributed by atoms with E-state index in [1.165, 1.54) is 12.1 Å². The molecule has 0 aliphatic carbocycles. The Morgan fingerprint density at radius 3 is 2.33 bits per heavy atom. The van der Waals surface area contributed by atoms with E-state index in [-0.39, 0.29) is 17.9 Å². The van der Waals surface area contributed by atoms with E-state index in [0.29, 0.717) is 0 Å². The number of rotatable bonds is 6. The molecule has 7 heteroatoms. The highest BCUT2D eigenvalue weighted by molar-refractivity contribution is 7.89. The van der Waals surface area contributed by atoms with Crippen LogP contribution in [0.5, 0.6) is 0 Å². The normalized spacial score (nSPS) is 12.7. The van der Waals surface area contributed by atoms with Gasteiger partial charge in [0, 0.05) is 6.54 Å². The summed E-state index contributed by atoms with van der Waals surface area (Å²) in [5.41, 5.74) is 0.981. The van der Waals surface area contributed by atoms with E-state index in [1.807, 2.05) is 6.92 Å². The van der Waals surface area contributed by atoms with Gasteiger partial charge in [0.05, 0.1) is 11.5 Å². The summed E-state index contributed by atoms with van der Waals surface area (Å²) in [4.78, 5) is 0.187. The van der Waals surface area contributed by atoms with Gasteiger partial charge < -0.3 is 5.11 Å². The van der Waals surface area contributed by atoms with Crippen LogP contribution in [0.25, 0.3) is 0 Å². The standard InChI is InChI=1S/C11H15Cl2NO3S/c1-9-2-4-10(5-3-9)18(16,17)14-7-6-11(12,13)8-15/h2-5,14-15H,6-8H2,1H3. The van der Waals surface area contributed by atoms with Gasteiger partial charge in [0.15, 0.2) is 0 Å². The SMILES string of the molecule is Cc1ccc(S(=O)(=O)NCCC(Cl)(Cl)CO)cc1. The average molecular weight is 312 g/mol. The zero-order valence-electron chi connectivity index (χ0n) is 9.86. The molecule has 0 spiro atoms. The second-order valence-corrected chi connectivity index (χ2v) is 7.38. The van der Waals surface area contributed by atoms with Gasteiger partial charge in [-0.1, -0.05) is 40.9 Å². The number of aliphatic hydroxyl groups excluding tert-OH is 1. The zero-order chi connectivity index (χ0) is 13.8. The molecule has 0 unspecified atom stereocenters. The monoisotopic (exact) mass is 311 g/mol. The number of sulfonamides is 1. The van der Waals surface area contributed by atoms with Crippen LogP contribution in [-0.2, 0) is 10.0 Å². The van der Waals surface area contributed by atoms with Crippen molar-refractivity contribution in [2.24, 2.45) is 0 Å². The average Bonchev–Trinajstić information content (AvgIpc) is 2.29. The maximum atomic E-state index is 11.9. The summed E-state index contributed by atoms with van der Waals surface area (Å²) in [7, 11) is -3.56. The molecule has 0 atom stereocenters. The number of benzene rings is 1. The minimum absolute atomic E-state index is 0.0593. The number of alkyl halides is 2. The quantitative estimate of drug-likeness (QED) is 0.788. The molecule has 0 fully saturated rings. The van der Waals surface area contributed by atoms with Crippen molar-refractivity contribution in [2.75, 3.05) is 13.2 Å². The highest BCUT2D eigenvalue weighted by Crippen LogP contribution is 2.23. The Hall–Kier alpha value is -0.330. The smallest absolute Gasteiger partial charge is 0.240 e. The van der Waals surface area contributed by atoms with Gasteiger partial charge in [-0.15, -0.1) is 0 Å². The number of hydrogen-bond acceptors (Lipinski definition) is 3. The van der Waals surface area contributed by atoms with Crippen LogP contribution in [0.4, 0.5) is 0 Å². The maximum Gasteiger partial charge on any atom is 0.240 e. The molecule has 0 aliphatic heterocycles. The molecule has 0 aromatic heterocycles. The molecule has 1 aromatic carbocycles. The lowest BCUT2D eigenvalue weighted by molar-refractivity contribution is 0.274. The molecule has 0 saturated heterocycles. The predicted molar refractivity (Wildman–Crippen MR) is 72.5 cm³/mol. The second kappa shape index (κ2) is 6.21. The van der Waals surface area contributed by atoms with Crippen molar-refractivity contribution in [3.8, 4) is 0 Å². The molecule has 0 aliphatic rings. The fourth-order valence-corrected chi connectivity index (χ4v) is 2.47. The molecular formula is C11H15Cl2NO3S. The Morgan fingerprint density at radius 1 is 1.28 bits per heavy atom. The first-order valence-electron chi connectivity index (χ1n) is 5.32. The van der Waals surface area contributed by atoms with Crippen LogP contribution in [0.3, 0.4) is 0 Å². The predicted octanol–water partition coefficient (Wildman–Crippen LogP) is 1.83. The van der Waals surface area contributed by atoms with Crippen LogP contribution < -0.4 is 4.72 Å². The summed E-state index contributed by atoms with van der Waals surface area (Å²) in [5.74, 6) is 0. The summed E-state index contributed by atoms with van der Waals surface area (Å²) in [6.07, 6.45) is 0.123. The first kappa shape index (κ1) is 15.7. The lowest BCUT2D eigenvalue weighted by Crippen LogP contribution is -2.30. The molecule has 4 nitrogen and oxygen atoms in total. The third-order valence-electron chi connectivity index (χ3n) is 2.35. The zero-order valence-corrected chi connectivity index (χ0v) is 12.2. The Morgan fingerprint density at radius 2 is 1.83 bits per heavy atom. The third-order valence-corrected chi connectivity index (χ3v) is 4.44. The Bertz CT molecular complexity index is 486. The van der Waals surface area contributed by atoms with Gasteiger partial charge >= 0.3 is 0 Å². The van der Waals surface area contributed by atoms with Gasteiger partial charge in [-0.05, 0) is 25.5 Å². The first-order chi connectivity index (χ1) is 8.27. The largest absolute Gasteiger partial charge is 0.393 e. The van der Waals surface area contributed by atoms with Gasteiger partial charge in [-0.3, -0.25) is 0 Å². The minimum Gasteiger partial charge on any atom is -0.393 e. The number of nitrogens with one attached hydrogen (secondary N) is 1. The summed E-state index contributed by atoms with van der Waals surface area (Å²) >= 11 is 11.4. The summed E-state index contributed by atoms with van der Waals surface area (Å²) in [5, 5.41) is 8.83. The molecule has 0 saturated carbocycles. The summed E-state index contributed by atoms with van der Waals surface area (Å²) < 4.78 is 24.8. The highest BCUT2D eigenvalue weighted by Gasteiger charge is 2.23. The van der Waals surface area contributed by atoms with Crippen LogP contribution >= 0.6 is 23.2 Å². The molecule has 18 heavy (non-hydrogen) atoms. The van der Waals surface area contributed by atoms with Crippen LogP contribution in [0.1, 0.15) is 12.0 Å². The topological polar surface area (TPSA) is 66.4 Å². The van der Waals surface area contributed by atoms with E-state index in [4.69, 9.17) is 28.3 Å². The molecule has 0 bridgehead atoms. The van der Waals surface area contributed by atoms with Crippen molar-refractivity contribution in [1.29, 1.82) is 0 Å². The third kappa shape index (κ3) is 4.74. The van der Waals surface area contributed by atoms with Crippen LogP contribution in [0.2, 0.25) is 0 Å². The van der Waals surface area contributed by atoms with Gasteiger partial charge in [0.1, 0.15) is 4.33 Å². The molecule has 1 aromatic rings. The molecule has 2 N–H and O–H groups in total. The van der Waals surface area contributed by atoms with Gasteiger partial charge in [0.25, 0.3) is 0 Å². The van der Waals surface area contributed by atoms with Crippen LogP contribution in [0.15, 0.2) is 29.2 Å². The van der Waals surface area contributed by atoms with Crippen LogP contribution in [-0.4, -0.2) is 31.0 Å². The van der Waals surface area contributed by atoms with Crippen molar-refractivity contribution in [2.45, 2.75) is 22.6 Å². The van der Waals surface area contributed by atoms with Crippen molar-refractivity contribution in [3.63, 3.8) is 0 Å². The van der Waals surface area contributed by atoms with Gasteiger partial charge in [-0.25, -0.2) is 13.1 Å².